The molecule has 1 aliphatic carbocycles. The van der Waals surface area contributed by atoms with Crippen LogP contribution < -0.4 is 14.9 Å². The molecular weight excluding hydrogens is 1010 g/mol. The van der Waals surface area contributed by atoms with Crippen LogP contribution in [0.1, 0.15) is 76.2 Å². The van der Waals surface area contributed by atoms with Gasteiger partial charge in [0.15, 0.2) is 0 Å². The van der Waals surface area contributed by atoms with Crippen LogP contribution in [-0.2, 0) is 24.6 Å². The van der Waals surface area contributed by atoms with E-state index < -0.39 is 64.5 Å². The van der Waals surface area contributed by atoms with E-state index in [1.807, 2.05) is 47.2 Å². The Kier molecular flexibility index (Phi) is 17.4. The number of carbonyl (C=O) groups excluding carboxylic acids is 2. The van der Waals surface area contributed by atoms with Crippen molar-refractivity contribution in [1.29, 1.82) is 0 Å². The lowest BCUT2D eigenvalue weighted by Gasteiger charge is -2.39. The number of sulfone groups is 1. The number of piperazine rings is 2. The van der Waals surface area contributed by atoms with Crippen molar-refractivity contribution in [3.63, 3.8) is 0 Å². The standard InChI is InChI=1S/C52H64ClF3N6O7S3/c1-50(2,3)69-49(64)62-31-25-59(26-32-62)24-22-41(36-70-43-9-7-6-8-10-43)57-46-20-19-44(33-47(46)71(65,66)52(54,55)56)72(67,68)58-48(63)38-13-17-42(18-14-38)61-29-27-60(28-30-61)35-39-34-51(4,5)23-21-45(39)37-11-15-40(53)16-12-37/h6-20,33,41,57H,21-32,34-36H2,1-5H3,(H,58,63)/t41-/m1/s1. The summed E-state index contributed by atoms with van der Waals surface area (Å²) in [4.78, 5) is 33.2. The molecule has 20 heteroatoms. The van der Waals surface area contributed by atoms with Crippen LogP contribution in [0.5, 0.6) is 0 Å². The van der Waals surface area contributed by atoms with Gasteiger partial charge in [0.2, 0.25) is 0 Å². The fourth-order valence-electron chi connectivity index (χ4n) is 9.15. The molecule has 390 valence electrons. The molecule has 0 saturated carbocycles. The molecule has 2 fully saturated rings. The summed E-state index contributed by atoms with van der Waals surface area (Å²) in [5, 5.41) is 3.70. The fourth-order valence-corrected chi connectivity index (χ4v) is 12.3. The summed E-state index contributed by atoms with van der Waals surface area (Å²) in [6.45, 7) is 16.2. The molecule has 3 aliphatic rings. The van der Waals surface area contributed by atoms with Crippen LogP contribution >= 0.6 is 23.4 Å². The SMILES string of the molecule is CC1(C)CCC(c2ccc(Cl)cc2)=C(CN2CCN(c3ccc(C(=O)NS(=O)(=O)c4ccc(N[C@H](CCN5CCN(C(=O)OC(C)(C)C)CC5)CSc5ccccc5)c(S(=O)(=O)C(F)(F)F)c4)cc3)CC2)C1. The van der Waals surface area contributed by atoms with Crippen molar-refractivity contribution in [2.45, 2.75) is 92.1 Å². The molecule has 1 atom stereocenters. The van der Waals surface area contributed by atoms with Crippen LogP contribution in [0, 0.1) is 5.41 Å². The zero-order chi connectivity index (χ0) is 52.1. The molecule has 2 N–H and O–H groups in total. The van der Waals surface area contributed by atoms with Gasteiger partial charge in [-0.1, -0.05) is 61.4 Å². The number of allylic oxidation sites excluding steroid dienone is 1. The number of carbonyl (C=O) groups is 2. The second-order valence-corrected chi connectivity index (χ2v) is 25.5. The van der Waals surface area contributed by atoms with E-state index in [4.69, 9.17) is 16.3 Å². The summed E-state index contributed by atoms with van der Waals surface area (Å²) < 4.78 is 104. The maximum atomic E-state index is 14.3. The van der Waals surface area contributed by atoms with Crippen LogP contribution in [0.3, 0.4) is 0 Å². The van der Waals surface area contributed by atoms with Crippen molar-refractivity contribution < 1.29 is 44.3 Å². The summed E-state index contributed by atoms with van der Waals surface area (Å²) in [5.41, 5.74) is -1.82. The van der Waals surface area contributed by atoms with E-state index in [0.717, 1.165) is 74.7 Å². The predicted octanol–water partition coefficient (Wildman–Crippen LogP) is 10.1. The fraction of sp³-hybridized carbons (Fsp3) is 0.462. The molecule has 72 heavy (non-hydrogen) atoms. The molecule has 2 amide bonds. The Morgan fingerprint density at radius 1 is 0.819 bits per heavy atom. The number of amides is 2. The van der Waals surface area contributed by atoms with Crippen molar-refractivity contribution in [3.05, 3.63) is 119 Å². The van der Waals surface area contributed by atoms with Crippen LogP contribution in [0.15, 0.2) is 117 Å². The van der Waals surface area contributed by atoms with E-state index >= 15 is 0 Å². The number of hydrogen-bond acceptors (Lipinski definition) is 12. The van der Waals surface area contributed by atoms with E-state index in [-0.39, 0.29) is 11.0 Å². The molecule has 4 aromatic carbocycles. The van der Waals surface area contributed by atoms with Crippen molar-refractivity contribution in [1.82, 2.24) is 19.4 Å². The lowest BCUT2D eigenvalue weighted by molar-refractivity contribution is -0.0436. The molecule has 2 saturated heterocycles. The third-order valence-corrected chi connectivity index (χ3v) is 17.4. The minimum atomic E-state index is -6.11. The van der Waals surface area contributed by atoms with Gasteiger partial charge in [0.1, 0.15) is 10.5 Å². The van der Waals surface area contributed by atoms with E-state index in [1.165, 1.54) is 40.6 Å². The van der Waals surface area contributed by atoms with Gasteiger partial charge in [-0.2, -0.15) is 13.2 Å². The van der Waals surface area contributed by atoms with Crippen molar-refractivity contribution in [2.24, 2.45) is 5.41 Å². The predicted molar refractivity (Wildman–Crippen MR) is 279 cm³/mol. The van der Waals surface area contributed by atoms with E-state index in [2.05, 4.69) is 46.0 Å². The molecule has 0 bridgehead atoms. The number of ether oxygens (including phenoxy) is 1. The number of benzene rings is 4. The van der Waals surface area contributed by atoms with Crippen molar-refractivity contribution in [2.75, 3.05) is 81.4 Å². The lowest BCUT2D eigenvalue weighted by Crippen LogP contribution is -2.50. The van der Waals surface area contributed by atoms with Crippen LogP contribution in [0.2, 0.25) is 5.02 Å². The van der Waals surface area contributed by atoms with Crippen LogP contribution in [0.4, 0.5) is 29.3 Å². The second-order valence-electron chi connectivity index (χ2n) is 20.3. The van der Waals surface area contributed by atoms with Gasteiger partial charge < -0.3 is 19.9 Å². The highest BCUT2D eigenvalue weighted by molar-refractivity contribution is 7.99. The van der Waals surface area contributed by atoms with Gasteiger partial charge in [0.25, 0.3) is 25.8 Å². The Hall–Kier alpha value is -4.79. The van der Waals surface area contributed by atoms with Crippen molar-refractivity contribution >= 4 is 72.2 Å². The molecule has 4 aromatic rings. The Morgan fingerprint density at radius 2 is 1.46 bits per heavy atom. The largest absolute Gasteiger partial charge is 0.501 e. The molecule has 13 nitrogen and oxygen atoms in total. The van der Waals surface area contributed by atoms with E-state index in [0.29, 0.717) is 56.0 Å². The van der Waals surface area contributed by atoms with Crippen molar-refractivity contribution in [3.8, 4) is 0 Å². The molecule has 0 unspecified atom stereocenters. The number of rotatable bonds is 16. The number of hydrogen-bond donors (Lipinski definition) is 2. The quantitative estimate of drug-likeness (QED) is 0.103. The first-order valence-electron chi connectivity index (χ1n) is 24.1. The highest BCUT2D eigenvalue weighted by Gasteiger charge is 2.48. The molecule has 0 spiro atoms. The van der Waals surface area contributed by atoms with Gasteiger partial charge in [-0.3, -0.25) is 14.6 Å². The number of sulfonamides is 1. The Balaban J connectivity index is 1.01. The van der Waals surface area contributed by atoms with E-state index in [1.54, 1.807) is 37.8 Å². The zero-order valence-electron chi connectivity index (χ0n) is 41.3. The van der Waals surface area contributed by atoms with Gasteiger partial charge in [-0.15, -0.1) is 11.8 Å². The first-order chi connectivity index (χ1) is 33.9. The maximum absolute atomic E-state index is 14.3. The smallest absolute Gasteiger partial charge is 0.444 e. The third-order valence-electron chi connectivity index (χ3n) is 13.1. The monoisotopic (exact) mass is 1070 g/mol. The Labute approximate surface area is 431 Å². The number of nitrogens with zero attached hydrogens (tertiary/aromatic N) is 4. The highest BCUT2D eigenvalue weighted by atomic mass is 35.5. The lowest BCUT2D eigenvalue weighted by atomic mass is 9.73. The van der Waals surface area contributed by atoms with Gasteiger partial charge in [0, 0.05) is 98.4 Å². The zero-order valence-corrected chi connectivity index (χ0v) is 44.5. The third kappa shape index (κ3) is 14.5. The molecule has 2 heterocycles. The Bertz CT molecular complexity index is 2800. The topological polar surface area (TPSA) is 149 Å². The van der Waals surface area contributed by atoms with Gasteiger partial charge in [-0.25, -0.2) is 26.4 Å². The van der Waals surface area contributed by atoms with Gasteiger partial charge in [-0.05, 0) is 130 Å². The van der Waals surface area contributed by atoms with Gasteiger partial charge in [0.05, 0.1) is 10.6 Å². The summed E-state index contributed by atoms with van der Waals surface area (Å²) >= 11 is 7.61. The normalized spacial score (nSPS) is 17.9. The summed E-state index contributed by atoms with van der Waals surface area (Å²) in [6.07, 6.45) is 3.06. The molecule has 0 aromatic heterocycles. The molecule has 7 rings (SSSR count). The Morgan fingerprint density at radius 3 is 2.08 bits per heavy atom. The second kappa shape index (κ2) is 22.8. The minimum absolute atomic E-state index is 0.0195. The number of thioether (sulfide) groups is 1. The average Bonchev–Trinajstić information content (AvgIpc) is 3.32. The minimum Gasteiger partial charge on any atom is -0.444 e. The highest BCUT2D eigenvalue weighted by Crippen LogP contribution is 2.43. The van der Waals surface area contributed by atoms with Crippen LogP contribution in [0.25, 0.3) is 5.57 Å². The first kappa shape index (κ1) is 55.0. The number of halogens is 4. The van der Waals surface area contributed by atoms with Gasteiger partial charge >= 0.3 is 11.6 Å². The molecular formula is C52H64ClF3N6O7S3. The molecule has 0 radical (unpaired) electrons. The number of anilines is 2. The number of alkyl halides is 3. The maximum Gasteiger partial charge on any atom is 0.501 e. The summed E-state index contributed by atoms with van der Waals surface area (Å²) in [7, 11) is -11.0. The number of nitrogens with one attached hydrogen (secondary N) is 2. The summed E-state index contributed by atoms with van der Waals surface area (Å²) in [6, 6.07) is 25.5. The van der Waals surface area contributed by atoms with Crippen LogP contribution in [-0.4, -0.2) is 132 Å². The summed E-state index contributed by atoms with van der Waals surface area (Å²) in [5.74, 6) is -0.735. The first-order valence-corrected chi connectivity index (χ1v) is 28.4. The molecule has 2 aliphatic heterocycles. The van der Waals surface area contributed by atoms with E-state index in [9.17, 15) is 39.6 Å². The average molecular weight is 1070 g/mol.